The van der Waals surface area contributed by atoms with Gasteiger partial charge in [0.05, 0.1) is 42.3 Å². The fourth-order valence-corrected chi connectivity index (χ4v) is 6.04. The Hall–Kier alpha value is -3.74. The van der Waals surface area contributed by atoms with Crippen LogP contribution in [0, 0.1) is 36.5 Å². The fraction of sp³-hybridized carbons (Fsp3) is 0.486. The molecule has 1 aliphatic carbocycles. The van der Waals surface area contributed by atoms with E-state index in [1.54, 1.807) is 32.9 Å². The van der Waals surface area contributed by atoms with E-state index >= 15 is 0 Å². The normalized spacial score (nSPS) is 32.1. The summed E-state index contributed by atoms with van der Waals surface area (Å²) >= 11 is 0. The number of phenolic OH excluding ortho intramolecular Hbond substituents is 1. The van der Waals surface area contributed by atoms with Crippen molar-refractivity contribution in [2.45, 2.75) is 72.9 Å². The van der Waals surface area contributed by atoms with Crippen LogP contribution >= 0.6 is 0 Å². The number of aliphatic hydroxyl groups excluding tert-OH is 5. The van der Waals surface area contributed by atoms with Crippen molar-refractivity contribution < 1.29 is 49.8 Å². The maximum Gasteiger partial charge on any atom is 0.251 e. The summed E-state index contributed by atoms with van der Waals surface area (Å²) in [5, 5.41) is 67.8. The number of aryl methyl sites for hydroxylation is 1. The van der Waals surface area contributed by atoms with Gasteiger partial charge in [-0.25, -0.2) is 0 Å². The number of carbonyl (C=O) groups is 4. The SMILES string of the molecule is CC1=CC=C[C@@H](C)[C@@H](O)[C@H](C)[C@H](O)[C@@H](C)[C@@H](O)[C@@H](C)[C@H](O)[C@H](CO)C=C(C)C(=O)c2c(O)c(C)cc3c2C(=O)C=C(NC1=O)C3=O. The first-order valence-corrected chi connectivity index (χ1v) is 15.3. The van der Waals surface area contributed by atoms with Crippen LogP contribution in [0.5, 0.6) is 5.75 Å². The number of benzene rings is 1. The lowest BCUT2D eigenvalue weighted by molar-refractivity contribution is -0.116. The van der Waals surface area contributed by atoms with E-state index in [0.29, 0.717) is 0 Å². The minimum Gasteiger partial charge on any atom is -0.507 e. The number of Topliss-reactive ketones (excluding diaryl/α,β-unsaturated/α-hetero) is 2. The molecule has 1 aromatic carbocycles. The van der Waals surface area contributed by atoms with Gasteiger partial charge in [0.15, 0.2) is 11.6 Å². The molecule has 2 aliphatic heterocycles. The minimum absolute atomic E-state index is 0.0586. The molecule has 4 bridgehead atoms. The van der Waals surface area contributed by atoms with Crippen LogP contribution in [0.25, 0.3) is 0 Å². The largest absolute Gasteiger partial charge is 0.507 e. The molecule has 11 heteroatoms. The lowest BCUT2D eigenvalue weighted by Crippen LogP contribution is -2.46. The molecule has 250 valence electrons. The van der Waals surface area contributed by atoms with Gasteiger partial charge in [0.25, 0.3) is 5.91 Å². The number of hydrogen-bond donors (Lipinski definition) is 7. The van der Waals surface area contributed by atoms with Crippen molar-refractivity contribution in [3.63, 3.8) is 0 Å². The predicted octanol–water partition coefficient (Wildman–Crippen LogP) is 2.32. The molecule has 0 saturated carbocycles. The van der Waals surface area contributed by atoms with Gasteiger partial charge in [0, 0.05) is 52.4 Å². The zero-order valence-electron chi connectivity index (χ0n) is 27.2. The second kappa shape index (κ2) is 14.8. The fourth-order valence-electron chi connectivity index (χ4n) is 6.04. The lowest BCUT2D eigenvalue weighted by atomic mass is 9.76. The number of fused-ring (bicyclic) bond motifs is 15. The van der Waals surface area contributed by atoms with Gasteiger partial charge in [-0.05, 0) is 38.0 Å². The summed E-state index contributed by atoms with van der Waals surface area (Å²) < 4.78 is 0. The van der Waals surface area contributed by atoms with Gasteiger partial charge >= 0.3 is 0 Å². The number of ketones is 3. The zero-order valence-corrected chi connectivity index (χ0v) is 27.2. The molecular formula is C35H45NO10. The monoisotopic (exact) mass is 639 g/mol. The number of nitrogens with one attached hydrogen (secondary N) is 1. The lowest BCUT2D eigenvalue weighted by Gasteiger charge is -2.37. The van der Waals surface area contributed by atoms with Gasteiger partial charge in [0.2, 0.25) is 5.78 Å². The molecule has 2 heterocycles. The van der Waals surface area contributed by atoms with E-state index < -0.39 is 95.2 Å². The summed E-state index contributed by atoms with van der Waals surface area (Å²) in [4.78, 5) is 53.5. The third kappa shape index (κ3) is 7.29. The van der Waals surface area contributed by atoms with Crippen molar-refractivity contribution in [3.05, 3.63) is 75.5 Å². The average Bonchev–Trinajstić information content (AvgIpc) is 3.03. The van der Waals surface area contributed by atoms with Crippen LogP contribution in [0.15, 0.2) is 53.3 Å². The summed E-state index contributed by atoms with van der Waals surface area (Å²) in [6, 6.07) is 1.26. The molecule has 4 rings (SSSR count). The van der Waals surface area contributed by atoms with E-state index in [-0.39, 0.29) is 33.5 Å². The van der Waals surface area contributed by atoms with Gasteiger partial charge in [-0.15, -0.1) is 0 Å². The van der Waals surface area contributed by atoms with Crippen molar-refractivity contribution in [2.24, 2.45) is 29.6 Å². The van der Waals surface area contributed by atoms with E-state index in [9.17, 15) is 49.8 Å². The van der Waals surface area contributed by atoms with Crippen LogP contribution in [0.2, 0.25) is 0 Å². The molecule has 0 spiro atoms. The van der Waals surface area contributed by atoms with Gasteiger partial charge in [0.1, 0.15) is 5.75 Å². The average molecular weight is 640 g/mol. The second-order valence-corrected chi connectivity index (χ2v) is 12.7. The molecule has 0 fully saturated rings. The van der Waals surface area contributed by atoms with Gasteiger partial charge in [-0.1, -0.05) is 52.0 Å². The Morgan fingerprint density at radius 1 is 0.761 bits per heavy atom. The van der Waals surface area contributed by atoms with Crippen LogP contribution in [0.3, 0.4) is 0 Å². The first kappa shape index (κ1) is 36.7. The van der Waals surface area contributed by atoms with Gasteiger partial charge in [-0.3, -0.25) is 19.2 Å². The van der Waals surface area contributed by atoms with Gasteiger partial charge < -0.3 is 36.0 Å². The molecule has 0 unspecified atom stereocenters. The Balaban J connectivity index is 2.19. The number of amides is 1. The van der Waals surface area contributed by atoms with E-state index in [1.165, 1.54) is 45.9 Å². The molecular weight excluding hydrogens is 594 g/mol. The van der Waals surface area contributed by atoms with Crippen molar-refractivity contribution in [2.75, 3.05) is 6.61 Å². The van der Waals surface area contributed by atoms with Crippen LogP contribution < -0.4 is 5.32 Å². The van der Waals surface area contributed by atoms with Crippen molar-refractivity contribution in [1.29, 1.82) is 0 Å². The summed E-state index contributed by atoms with van der Waals surface area (Å²) in [5.41, 5.74) is -1.02. The Morgan fingerprint density at radius 2 is 1.33 bits per heavy atom. The maximum absolute atomic E-state index is 13.7. The van der Waals surface area contributed by atoms with Crippen LogP contribution in [-0.2, 0) is 4.79 Å². The van der Waals surface area contributed by atoms with Crippen LogP contribution in [0.1, 0.15) is 78.2 Å². The quantitative estimate of drug-likeness (QED) is 0.239. The number of hydrogen-bond acceptors (Lipinski definition) is 10. The number of carbonyl (C=O) groups excluding carboxylic acids is 4. The molecule has 46 heavy (non-hydrogen) atoms. The number of aromatic hydroxyl groups is 1. The smallest absolute Gasteiger partial charge is 0.251 e. The summed E-state index contributed by atoms with van der Waals surface area (Å²) in [6.07, 6.45) is 1.87. The Labute approximate surface area is 268 Å². The molecule has 0 saturated heterocycles. The van der Waals surface area contributed by atoms with Crippen molar-refractivity contribution in [1.82, 2.24) is 5.32 Å². The Morgan fingerprint density at radius 3 is 1.91 bits per heavy atom. The minimum atomic E-state index is -1.39. The van der Waals surface area contributed by atoms with Crippen LogP contribution in [-0.4, -0.2) is 84.9 Å². The highest BCUT2D eigenvalue weighted by Gasteiger charge is 2.39. The zero-order chi connectivity index (χ0) is 34.8. The van der Waals surface area contributed by atoms with Crippen molar-refractivity contribution in [3.8, 4) is 5.75 Å². The maximum atomic E-state index is 13.7. The molecule has 9 atom stereocenters. The molecule has 0 aromatic heterocycles. The van der Waals surface area contributed by atoms with Crippen molar-refractivity contribution >= 4 is 23.3 Å². The first-order valence-electron chi connectivity index (χ1n) is 15.3. The standard InChI is InChI=1S/C35H45NO10/c1-15-9-8-10-16(2)35(46)36-24-13-25(38)26-23(34(24)45)12-18(4)30(41)27(26)29(40)17(3)11-22(14-37)33(44)21(7)32(43)20(6)31(42)19(5)28(15)39/h8-13,15,19-22,28,31-33,37,39,41-44H,14H2,1-7H3,(H,36,46)/t15-,19+,20-,21-,22+,28-,31+,32-,33+/m1/s1. The predicted molar refractivity (Wildman–Crippen MR) is 170 cm³/mol. The van der Waals surface area contributed by atoms with Crippen LogP contribution in [0.4, 0.5) is 0 Å². The third-order valence-corrected chi connectivity index (χ3v) is 9.34. The highest BCUT2D eigenvalue weighted by molar-refractivity contribution is 6.30. The highest BCUT2D eigenvalue weighted by atomic mass is 16.3. The number of rotatable bonds is 1. The number of phenols is 1. The summed E-state index contributed by atoms with van der Waals surface area (Å²) in [7, 11) is 0. The molecule has 7 N–H and O–H groups in total. The summed E-state index contributed by atoms with van der Waals surface area (Å²) in [6.45, 7) is 10.1. The van der Waals surface area contributed by atoms with E-state index in [0.717, 1.165) is 6.08 Å². The Kier molecular flexibility index (Phi) is 11.8. The number of allylic oxidation sites excluding steroid dienone is 5. The second-order valence-electron chi connectivity index (χ2n) is 12.7. The molecule has 0 radical (unpaired) electrons. The number of aliphatic hydroxyl groups is 5. The molecule has 1 aromatic rings. The molecule has 11 nitrogen and oxygen atoms in total. The van der Waals surface area contributed by atoms with E-state index in [4.69, 9.17) is 0 Å². The summed E-state index contributed by atoms with van der Waals surface area (Å²) in [5.74, 6) is -7.57. The third-order valence-electron chi connectivity index (χ3n) is 9.34. The van der Waals surface area contributed by atoms with Gasteiger partial charge in [-0.2, -0.15) is 0 Å². The Bertz CT molecular complexity index is 1520. The van der Waals surface area contributed by atoms with E-state index in [2.05, 4.69) is 5.32 Å². The van der Waals surface area contributed by atoms with E-state index in [1.807, 2.05) is 0 Å². The molecule has 3 aliphatic rings. The highest BCUT2D eigenvalue weighted by Crippen LogP contribution is 2.35. The molecule has 1 amide bonds. The first-order chi connectivity index (χ1) is 21.4. The topological polar surface area (TPSA) is 202 Å².